The number of benzene rings is 2. The zero-order valence-corrected chi connectivity index (χ0v) is 32.8. The van der Waals surface area contributed by atoms with Gasteiger partial charge in [0.1, 0.15) is 35.3 Å². The molecule has 56 heavy (non-hydrogen) atoms. The molecule has 1 spiro atoms. The molecule has 13 heteroatoms. The molecule has 4 fully saturated rings. The Morgan fingerprint density at radius 2 is 1.61 bits per heavy atom. The molecule has 0 radical (unpaired) electrons. The minimum atomic E-state index is -2.02. The summed E-state index contributed by atoms with van der Waals surface area (Å²) in [7, 11) is 0. The molecule has 3 saturated carbocycles. The number of nitrogens with one attached hydrogen (secondary N) is 1. The van der Waals surface area contributed by atoms with Gasteiger partial charge >= 0.3 is 24.0 Å². The van der Waals surface area contributed by atoms with Crippen LogP contribution < -0.4 is 5.32 Å². The van der Waals surface area contributed by atoms with Crippen molar-refractivity contribution in [2.24, 2.45) is 22.7 Å². The number of carbonyl (C=O) groups is 5. The second-order valence-electron chi connectivity index (χ2n) is 17.6. The molecule has 1 aliphatic heterocycles. The van der Waals surface area contributed by atoms with Crippen LogP contribution in [0.1, 0.15) is 96.1 Å². The number of ketones is 1. The molecule has 13 nitrogen and oxygen atoms in total. The highest BCUT2D eigenvalue weighted by atomic mass is 16.6. The molecule has 5 aliphatic rings. The Balaban J connectivity index is 1.30. The van der Waals surface area contributed by atoms with Crippen LogP contribution in [-0.4, -0.2) is 87.8 Å². The van der Waals surface area contributed by atoms with Crippen LogP contribution in [0, 0.1) is 22.7 Å². The maximum absolute atomic E-state index is 14.9. The highest BCUT2D eigenvalue weighted by molar-refractivity contribution is 5.93. The molecule has 2 aromatic carbocycles. The van der Waals surface area contributed by atoms with Gasteiger partial charge in [0.2, 0.25) is 0 Å². The summed E-state index contributed by atoms with van der Waals surface area (Å²) in [6.45, 7) is 11.5. The van der Waals surface area contributed by atoms with Crippen LogP contribution in [0.5, 0.6) is 0 Å². The molecule has 4 aliphatic carbocycles. The standard InChI is InChI=1S/C43H51NO12/c1-23-28-19-30(46)41-20-27(41)18-31-42(22-52-31,55-24(2)45)34(41)35(54-36(48)26-16-12-9-13-17-26)43(51,40(28,6)7)21-29(23)53-37(49)33(47)32(25-14-10-8-11-15-25)44-38(50)56-39(3,4)5/h8-17,27,29,31-35,47,51H,18-22H2,1-7H3,(H,44,50)/t27-,29+,31-,32+,33-,34+,35+,41+,42+,43-/m1/s1. The number of aliphatic hydroxyl groups excluding tert-OH is 1. The second-order valence-corrected chi connectivity index (χ2v) is 17.6. The third kappa shape index (κ3) is 6.41. The van der Waals surface area contributed by atoms with E-state index in [-0.39, 0.29) is 36.7 Å². The van der Waals surface area contributed by atoms with Crippen molar-refractivity contribution in [1.82, 2.24) is 5.32 Å². The van der Waals surface area contributed by atoms with Gasteiger partial charge in [-0.15, -0.1) is 0 Å². The summed E-state index contributed by atoms with van der Waals surface area (Å²) in [5.41, 5.74) is -4.96. The summed E-state index contributed by atoms with van der Waals surface area (Å²) >= 11 is 0. The molecule has 300 valence electrons. The lowest BCUT2D eigenvalue weighted by molar-refractivity contribution is -0.322. The van der Waals surface area contributed by atoms with Crippen LogP contribution in [-0.2, 0) is 38.1 Å². The lowest BCUT2D eigenvalue weighted by atomic mass is 9.49. The van der Waals surface area contributed by atoms with E-state index in [0.717, 1.165) is 0 Å². The molecule has 0 aromatic heterocycles. The van der Waals surface area contributed by atoms with Gasteiger partial charge in [0.15, 0.2) is 11.7 Å². The first kappa shape index (κ1) is 39.6. The maximum atomic E-state index is 14.9. The summed E-state index contributed by atoms with van der Waals surface area (Å²) in [4.78, 5) is 68.7. The number of Topliss-reactive ketones (excluding diaryl/α,β-unsaturated/α-hetero) is 1. The molecular formula is C43H51NO12. The predicted octanol–water partition coefficient (Wildman–Crippen LogP) is 4.93. The first-order chi connectivity index (χ1) is 26.2. The maximum Gasteiger partial charge on any atom is 0.408 e. The molecule has 1 heterocycles. The smallest absolute Gasteiger partial charge is 0.408 e. The van der Waals surface area contributed by atoms with Crippen molar-refractivity contribution in [2.75, 3.05) is 6.61 Å². The van der Waals surface area contributed by atoms with E-state index >= 15 is 0 Å². The Kier molecular flexibility index (Phi) is 9.77. The van der Waals surface area contributed by atoms with E-state index in [1.165, 1.54) is 6.92 Å². The van der Waals surface area contributed by atoms with E-state index in [1.54, 1.807) is 102 Å². The fourth-order valence-electron chi connectivity index (χ4n) is 10.0. The first-order valence-corrected chi connectivity index (χ1v) is 19.2. The number of fused-ring (bicyclic) bond motifs is 4. The van der Waals surface area contributed by atoms with Gasteiger partial charge in [0.25, 0.3) is 0 Å². The zero-order valence-electron chi connectivity index (χ0n) is 32.8. The third-order valence-corrected chi connectivity index (χ3v) is 12.9. The van der Waals surface area contributed by atoms with Crippen LogP contribution in [0.3, 0.4) is 0 Å². The number of hydrogen-bond acceptors (Lipinski definition) is 12. The number of amides is 1. The Morgan fingerprint density at radius 1 is 0.964 bits per heavy atom. The van der Waals surface area contributed by atoms with Crippen LogP contribution in [0.25, 0.3) is 0 Å². The summed E-state index contributed by atoms with van der Waals surface area (Å²) in [6, 6.07) is 15.4. The Hall–Kier alpha value is -4.59. The molecular weight excluding hydrogens is 722 g/mol. The zero-order chi connectivity index (χ0) is 40.6. The van der Waals surface area contributed by atoms with E-state index in [0.29, 0.717) is 29.6 Å². The number of rotatable bonds is 8. The lowest BCUT2D eigenvalue weighted by Crippen LogP contribution is -2.77. The largest absolute Gasteiger partial charge is 0.456 e. The van der Waals surface area contributed by atoms with Gasteiger partial charge < -0.3 is 39.2 Å². The predicted molar refractivity (Wildman–Crippen MR) is 199 cm³/mol. The normalized spacial score (nSPS) is 33.7. The van der Waals surface area contributed by atoms with Crippen LogP contribution in [0.4, 0.5) is 4.79 Å². The van der Waals surface area contributed by atoms with Gasteiger partial charge in [-0.2, -0.15) is 0 Å². The molecule has 1 amide bonds. The van der Waals surface area contributed by atoms with Crippen molar-refractivity contribution >= 4 is 29.8 Å². The van der Waals surface area contributed by atoms with Gasteiger partial charge in [-0.25, -0.2) is 14.4 Å². The van der Waals surface area contributed by atoms with Crippen LogP contribution >= 0.6 is 0 Å². The first-order valence-electron chi connectivity index (χ1n) is 19.2. The average Bonchev–Trinajstić information content (AvgIpc) is 3.86. The fourth-order valence-corrected chi connectivity index (χ4v) is 10.0. The van der Waals surface area contributed by atoms with Gasteiger partial charge in [0, 0.05) is 30.6 Å². The van der Waals surface area contributed by atoms with E-state index in [2.05, 4.69) is 5.32 Å². The Morgan fingerprint density at radius 3 is 2.20 bits per heavy atom. The highest BCUT2D eigenvalue weighted by Gasteiger charge is 2.82. The van der Waals surface area contributed by atoms with Gasteiger partial charge in [-0.3, -0.25) is 9.59 Å². The number of alkyl carbamates (subject to hydrolysis) is 1. The van der Waals surface area contributed by atoms with Crippen molar-refractivity contribution in [3.63, 3.8) is 0 Å². The Labute approximate surface area is 326 Å². The van der Waals surface area contributed by atoms with E-state index in [9.17, 15) is 34.2 Å². The monoisotopic (exact) mass is 773 g/mol. The molecule has 2 bridgehead atoms. The summed E-state index contributed by atoms with van der Waals surface area (Å²) in [5.74, 6) is -3.77. The number of hydrogen-bond donors (Lipinski definition) is 3. The lowest BCUT2D eigenvalue weighted by Gasteiger charge is -2.63. The number of aliphatic hydroxyl groups is 2. The van der Waals surface area contributed by atoms with Gasteiger partial charge in [-0.1, -0.05) is 68.0 Å². The fraction of sp³-hybridized carbons (Fsp3) is 0.558. The topological polar surface area (TPSA) is 184 Å². The van der Waals surface area contributed by atoms with Gasteiger partial charge in [0.05, 0.1) is 24.1 Å². The van der Waals surface area contributed by atoms with Crippen molar-refractivity contribution in [2.45, 2.75) is 121 Å². The quantitative estimate of drug-likeness (QED) is 0.187. The van der Waals surface area contributed by atoms with Crippen molar-refractivity contribution < 1.29 is 57.9 Å². The van der Waals surface area contributed by atoms with E-state index in [1.807, 2.05) is 0 Å². The van der Waals surface area contributed by atoms with E-state index < -0.39 is 88.0 Å². The summed E-state index contributed by atoms with van der Waals surface area (Å²) < 4.78 is 30.1. The molecule has 3 N–H and O–H groups in total. The Bertz CT molecular complexity index is 1950. The van der Waals surface area contributed by atoms with Crippen molar-refractivity contribution in [3.05, 3.63) is 82.9 Å². The molecule has 2 aromatic rings. The second kappa shape index (κ2) is 13.8. The highest BCUT2D eigenvalue weighted by Crippen LogP contribution is 2.74. The number of ether oxygens (including phenoxy) is 5. The molecule has 0 unspecified atom stereocenters. The average molecular weight is 774 g/mol. The van der Waals surface area contributed by atoms with Crippen LogP contribution in [0.15, 0.2) is 71.8 Å². The van der Waals surface area contributed by atoms with Crippen LogP contribution in [0.2, 0.25) is 0 Å². The van der Waals surface area contributed by atoms with Crippen molar-refractivity contribution in [1.29, 1.82) is 0 Å². The molecule has 7 rings (SSSR count). The molecule has 10 atom stereocenters. The minimum Gasteiger partial charge on any atom is -0.456 e. The summed E-state index contributed by atoms with van der Waals surface area (Å²) in [6.07, 6.45) is -5.55. The van der Waals surface area contributed by atoms with Gasteiger partial charge in [-0.05, 0) is 69.7 Å². The SMILES string of the molecule is CC(=O)O[C@@]12CO[C@@H]1C[C@@H]1C[C@@]13C(=O)CC1=C(C)[C@@H](OC(=O)[C@H](O)[C@@H](NC(=O)OC(C)(C)C)c4ccccc4)C[C@@](O)([C@@H](OC(=O)c4ccccc4)[C@H]23)C1(C)C. The third-order valence-electron chi connectivity index (χ3n) is 12.9. The molecule has 1 saturated heterocycles. The number of esters is 3. The summed E-state index contributed by atoms with van der Waals surface area (Å²) in [5, 5.41) is 27.6. The van der Waals surface area contributed by atoms with E-state index in [4.69, 9.17) is 23.7 Å². The minimum absolute atomic E-state index is 0.0581. The van der Waals surface area contributed by atoms with Crippen molar-refractivity contribution in [3.8, 4) is 0 Å². The number of carbonyl (C=O) groups excluding carboxylic acids is 5.